The van der Waals surface area contributed by atoms with Crippen molar-refractivity contribution in [2.75, 3.05) is 5.32 Å². The first-order valence-corrected chi connectivity index (χ1v) is 13.1. The summed E-state index contributed by atoms with van der Waals surface area (Å²) >= 11 is 0. The Kier molecular flexibility index (Phi) is 7.55. The Morgan fingerprint density at radius 3 is 1.88 bits per heavy atom. The Bertz CT molecular complexity index is 1580. The molecule has 0 aliphatic carbocycles. The van der Waals surface area contributed by atoms with Crippen LogP contribution in [0.3, 0.4) is 0 Å². The molecular weight excluding hydrogens is 498 g/mol. The molecule has 0 aliphatic rings. The second kappa shape index (κ2) is 11.4. The van der Waals surface area contributed by atoms with E-state index in [0.29, 0.717) is 11.4 Å². The van der Waals surface area contributed by atoms with E-state index in [1.807, 2.05) is 111 Å². The van der Waals surface area contributed by atoms with Crippen molar-refractivity contribution in [1.82, 2.24) is 14.8 Å². The van der Waals surface area contributed by atoms with Gasteiger partial charge in [0.1, 0.15) is 5.69 Å². The van der Waals surface area contributed by atoms with Crippen LogP contribution in [0.1, 0.15) is 50.3 Å². The summed E-state index contributed by atoms with van der Waals surface area (Å²) in [4.78, 5) is 30.5. The van der Waals surface area contributed by atoms with Crippen LogP contribution in [-0.2, 0) is 11.8 Å². The maximum absolute atomic E-state index is 14.2. The van der Waals surface area contributed by atoms with E-state index in [2.05, 4.69) is 15.4 Å². The molecule has 2 heterocycles. The van der Waals surface area contributed by atoms with E-state index in [-0.39, 0.29) is 17.5 Å². The van der Waals surface area contributed by atoms with Crippen molar-refractivity contribution in [2.24, 2.45) is 12.8 Å². The minimum Gasteiger partial charge on any atom is -0.364 e. The molecule has 0 radical (unpaired) electrons. The predicted octanol–water partition coefficient (Wildman–Crippen LogP) is 5.75. The maximum Gasteiger partial charge on any atom is 0.266 e. The normalized spacial score (nSPS) is 11.8. The third kappa shape index (κ3) is 5.40. The summed E-state index contributed by atoms with van der Waals surface area (Å²) in [6.45, 7) is 4.08. The number of pyridine rings is 1. The Morgan fingerprint density at radius 1 is 0.825 bits per heavy atom. The molecule has 0 bridgehead atoms. The highest BCUT2D eigenvalue weighted by atomic mass is 16.2. The van der Waals surface area contributed by atoms with Crippen molar-refractivity contribution >= 4 is 17.5 Å². The fraction of sp³-hybridized carbons (Fsp3) is 0.152. The monoisotopic (exact) mass is 529 g/mol. The number of carbonyl (C=O) groups is 2. The number of rotatable bonds is 8. The molecule has 5 aromatic rings. The number of nitrogens with one attached hydrogen (secondary N) is 1. The Balaban J connectivity index is 1.56. The number of anilines is 1. The van der Waals surface area contributed by atoms with Crippen LogP contribution in [0.25, 0.3) is 11.1 Å². The number of hydrogen-bond donors (Lipinski definition) is 2. The maximum atomic E-state index is 14.2. The zero-order valence-electron chi connectivity index (χ0n) is 22.7. The van der Waals surface area contributed by atoms with Crippen LogP contribution in [0.15, 0.2) is 103 Å². The van der Waals surface area contributed by atoms with Crippen LogP contribution in [0.2, 0.25) is 0 Å². The molecule has 0 unspecified atom stereocenters. The van der Waals surface area contributed by atoms with Crippen LogP contribution in [0.5, 0.6) is 0 Å². The van der Waals surface area contributed by atoms with Crippen molar-refractivity contribution in [3.8, 4) is 11.1 Å². The lowest BCUT2D eigenvalue weighted by Crippen LogP contribution is -2.28. The third-order valence-electron chi connectivity index (χ3n) is 7.17. The van der Waals surface area contributed by atoms with Gasteiger partial charge in [0.2, 0.25) is 5.91 Å². The van der Waals surface area contributed by atoms with E-state index >= 15 is 0 Å². The number of carbonyl (C=O) groups excluding carboxylic acids is 2. The molecule has 0 spiro atoms. The van der Waals surface area contributed by atoms with Crippen LogP contribution in [0, 0.1) is 13.8 Å². The average Bonchev–Trinajstić information content (AvgIpc) is 3.34. The number of benzene rings is 3. The highest BCUT2D eigenvalue weighted by Crippen LogP contribution is 2.39. The minimum atomic E-state index is -0.742. The molecule has 2 aromatic heterocycles. The van der Waals surface area contributed by atoms with E-state index < -0.39 is 11.8 Å². The quantitative estimate of drug-likeness (QED) is 0.267. The summed E-state index contributed by atoms with van der Waals surface area (Å²) < 4.78 is 1.43. The second-order valence-corrected chi connectivity index (χ2v) is 9.93. The first-order valence-electron chi connectivity index (χ1n) is 13.1. The molecule has 7 nitrogen and oxygen atoms in total. The average molecular weight is 530 g/mol. The molecule has 0 saturated heterocycles. The molecule has 40 heavy (non-hydrogen) atoms. The summed E-state index contributed by atoms with van der Waals surface area (Å²) in [6, 6.07) is 29.1. The molecule has 1 atom stereocenters. The lowest BCUT2D eigenvalue weighted by molar-refractivity contribution is -0.118. The van der Waals surface area contributed by atoms with Gasteiger partial charge in [-0.05, 0) is 65.4 Å². The van der Waals surface area contributed by atoms with Gasteiger partial charge in [0.05, 0.1) is 11.6 Å². The number of hydrogen-bond acceptors (Lipinski definition) is 4. The van der Waals surface area contributed by atoms with E-state index in [4.69, 9.17) is 5.73 Å². The zero-order valence-corrected chi connectivity index (χ0v) is 22.7. The van der Waals surface area contributed by atoms with Gasteiger partial charge in [-0.15, -0.1) is 0 Å². The van der Waals surface area contributed by atoms with Crippen LogP contribution in [0.4, 0.5) is 5.69 Å². The number of aromatic nitrogens is 3. The standard InChI is InChI=1S/C33H31N5O2/c1-21-19-35-20-22(2)29(21)25-14-16-26(17-15-25)36-33(40)31(27-18-28(32(34)39)38(3)37-27)30(23-10-6-4-7-11-23)24-12-8-5-9-13-24/h4-20,30-31H,1-3H3,(H2,34,39)(H,36,40)/t31-/m1/s1. The van der Waals surface area contributed by atoms with Crippen molar-refractivity contribution in [2.45, 2.75) is 25.7 Å². The van der Waals surface area contributed by atoms with Crippen molar-refractivity contribution in [3.05, 3.63) is 137 Å². The highest BCUT2D eigenvalue weighted by molar-refractivity contribution is 5.98. The lowest BCUT2D eigenvalue weighted by atomic mass is 9.78. The minimum absolute atomic E-state index is 0.236. The number of nitrogens with two attached hydrogens (primary N) is 1. The fourth-order valence-corrected chi connectivity index (χ4v) is 5.32. The molecule has 5 rings (SSSR count). The lowest BCUT2D eigenvalue weighted by Gasteiger charge is -2.26. The van der Waals surface area contributed by atoms with Gasteiger partial charge in [-0.3, -0.25) is 19.3 Å². The second-order valence-electron chi connectivity index (χ2n) is 9.93. The van der Waals surface area contributed by atoms with Gasteiger partial charge in [-0.2, -0.15) is 5.10 Å². The van der Waals surface area contributed by atoms with Gasteiger partial charge in [-0.1, -0.05) is 72.8 Å². The van der Waals surface area contributed by atoms with E-state index in [1.165, 1.54) is 4.68 Å². The number of aryl methyl sites for hydroxylation is 3. The van der Waals surface area contributed by atoms with Crippen molar-refractivity contribution in [1.29, 1.82) is 0 Å². The smallest absolute Gasteiger partial charge is 0.266 e. The molecule has 0 saturated carbocycles. The summed E-state index contributed by atoms with van der Waals surface area (Å²) in [5.41, 5.74) is 13.2. The van der Waals surface area contributed by atoms with Gasteiger partial charge < -0.3 is 11.1 Å². The molecule has 2 amide bonds. The zero-order chi connectivity index (χ0) is 28.2. The van der Waals surface area contributed by atoms with Crippen LogP contribution >= 0.6 is 0 Å². The molecule has 3 N–H and O–H groups in total. The molecule has 0 aliphatic heterocycles. The predicted molar refractivity (Wildman–Crippen MR) is 157 cm³/mol. The number of primary amides is 1. The van der Waals surface area contributed by atoms with Crippen LogP contribution < -0.4 is 11.1 Å². The number of nitrogens with zero attached hydrogens (tertiary/aromatic N) is 3. The first-order chi connectivity index (χ1) is 19.3. The Morgan fingerprint density at radius 2 is 1.38 bits per heavy atom. The van der Waals surface area contributed by atoms with E-state index in [9.17, 15) is 9.59 Å². The van der Waals surface area contributed by atoms with Gasteiger partial charge in [0.25, 0.3) is 5.91 Å². The SMILES string of the molecule is Cc1cncc(C)c1-c1ccc(NC(=O)[C@H](c2cc(C(N)=O)n(C)n2)C(c2ccccc2)c2ccccc2)cc1. The summed E-state index contributed by atoms with van der Waals surface area (Å²) in [6.07, 6.45) is 3.70. The van der Waals surface area contributed by atoms with E-state index in [1.54, 1.807) is 13.1 Å². The molecule has 200 valence electrons. The van der Waals surface area contributed by atoms with Gasteiger partial charge in [-0.25, -0.2) is 0 Å². The van der Waals surface area contributed by atoms with Gasteiger partial charge in [0, 0.05) is 31.0 Å². The molecule has 3 aromatic carbocycles. The first kappa shape index (κ1) is 26.6. The summed E-state index contributed by atoms with van der Waals surface area (Å²) in [7, 11) is 1.65. The highest BCUT2D eigenvalue weighted by Gasteiger charge is 2.35. The summed E-state index contributed by atoms with van der Waals surface area (Å²) in [5.74, 6) is -1.95. The van der Waals surface area contributed by atoms with E-state index in [0.717, 1.165) is 33.4 Å². The number of amides is 2. The van der Waals surface area contributed by atoms with Crippen LogP contribution in [-0.4, -0.2) is 26.6 Å². The third-order valence-corrected chi connectivity index (χ3v) is 7.17. The van der Waals surface area contributed by atoms with Crippen molar-refractivity contribution < 1.29 is 9.59 Å². The largest absolute Gasteiger partial charge is 0.364 e. The van der Waals surface area contributed by atoms with Gasteiger partial charge in [0.15, 0.2) is 0 Å². The molecule has 0 fully saturated rings. The molecule has 7 heteroatoms. The summed E-state index contributed by atoms with van der Waals surface area (Å²) in [5, 5.41) is 7.70. The Hall–Kier alpha value is -5.04. The Labute approximate surface area is 233 Å². The fourth-order valence-electron chi connectivity index (χ4n) is 5.32. The molecular formula is C33H31N5O2. The van der Waals surface area contributed by atoms with Crippen molar-refractivity contribution in [3.63, 3.8) is 0 Å². The van der Waals surface area contributed by atoms with Gasteiger partial charge >= 0.3 is 0 Å². The topological polar surface area (TPSA) is 103 Å².